The monoisotopic (exact) mass is 181 g/mol. The second kappa shape index (κ2) is 3.66. The lowest BCUT2D eigenvalue weighted by Gasteiger charge is -2.34. The normalized spacial score (nSPS) is 25.9. The molecule has 0 N–H and O–H groups in total. The van der Waals surface area contributed by atoms with Crippen molar-refractivity contribution in [2.24, 2.45) is 0 Å². The molecule has 0 aromatic rings. The second-order valence-electron chi connectivity index (χ2n) is 4.26. The highest BCUT2D eigenvalue weighted by atomic mass is 16.1. The lowest BCUT2D eigenvalue weighted by atomic mass is 10.0. The minimum atomic E-state index is 0.473. The third kappa shape index (κ3) is 2.02. The molecule has 0 atom stereocenters. The van der Waals surface area contributed by atoms with Crippen molar-refractivity contribution in [1.29, 1.82) is 0 Å². The first kappa shape index (κ1) is 9.00. The molecular weight excluding hydrogens is 164 g/mol. The average molecular weight is 181 g/mol. The zero-order chi connectivity index (χ0) is 9.26. The number of hydrogen-bond acceptors (Lipinski definition) is 2. The average Bonchev–Trinajstić information content (AvgIpc) is 2.93. The van der Waals surface area contributed by atoms with Crippen molar-refractivity contribution in [3.05, 3.63) is 0 Å². The molecule has 1 saturated heterocycles. The molecular formula is C10H17N2O. The number of piperidine rings is 1. The molecule has 0 bridgehead atoms. The van der Waals surface area contributed by atoms with Crippen LogP contribution in [-0.4, -0.2) is 48.4 Å². The van der Waals surface area contributed by atoms with E-state index in [1.807, 2.05) is 4.90 Å². The summed E-state index contributed by atoms with van der Waals surface area (Å²) in [6, 6.07) is 1.01. The van der Waals surface area contributed by atoms with Crippen molar-refractivity contribution in [3.8, 4) is 0 Å². The van der Waals surface area contributed by atoms with Crippen LogP contribution in [0.4, 0.5) is 0 Å². The summed E-state index contributed by atoms with van der Waals surface area (Å²) in [7, 11) is 2.14. The molecule has 0 aromatic heterocycles. The molecule has 1 heterocycles. The van der Waals surface area contributed by atoms with E-state index < -0.39 is 0 Å². The van der Waals surface area contributed by atoms with E-state index >= 15 is 0 Å². The van der Waals surface area contributed by atoms with Gasteiger partial charge in [-0.1, -0.05) is 0 Å². The van der Waals surface area contributed by atoms with E-state index in [9.17, 15) is 4.79 Å². The quantitative estimate of drug-likeness (QED) is 0.596. The summed E-state index contributed by atoms with van der Waals surface area (Å²) in [5.41, 5.74) is 0. The Morgan fingerprint density at radius 3 is 2.15 bits per heavy atom. The fourth-order valence-electron chi connectivity index (χ4n) is 2.07. The minimum Gasteiger partial charge on any atom is -0.328 e. The van der Waals surface area contributed by atoms with Crippen LogP contribution in [0.3, 0.4) is 0 Å². The van der Waals surface area contributed by atoms with Crippen molar-refractivity contribution < 1.29 is 4.79 Å². The van der Waals surface area contributed by atoms with Crippen LogP contribution in [0.2, 0.25) is 0 Å². The van der Waals surface area contributed by atoms with Gasteiger partial charge in [-0.05, 0) is 45.8 Å². The van der Waals surface area contributed by atoms with E-state index in [2.05, 4.69) is 18.4 Å². The van der Waals surface area contributed by atoms with Crippen molar-refractivity contribution in [1.82, 2.24) is 9.80 Å². The summed E-state index contributed by atoms with van der Waals surface area (Å²) in [5, 5.41) is 0. The van der Waals surface area contributed by atoms with E-state index in [1.165, 1.54) is 12.8 Å². The van der Waals surface area contributed by atoms with Gasteiger partial charge < -0.3 is 9.80 Å². The summed E-state index contributed by atoms with van der Waals surface area (Å²) >= 11 is 0. The molecule has 0 unspecified atom stereocenters. The fourth-order valence-corrected chi connectivity index (χ4v) is 2.07. The molecule has 1 radical (unpaired) electrons. The largest absolute Gasteiger partial charge is 0.328 e. The first-order valence-corrected chi connectivity index (χ1v) is 5.16. The first-order chi connectivity index (χ1) is 6.31. The van der Waals surface area contributed by atoms with Crippen molar-refractivity contribution in [3.63, 3.8) is 0 Å². The summed E-state index contributed by atoms with van der Waals surface area (Å²) < 4.78 is 0. The topological polar surface area (TPSA) is 23.6 Å². The molecule has 0 aromatic carbocycles. The Hall–Kier alpha value is -0.570. The van der Waals surface area contributed by atoms with E-state index in [0.717, 1.165) is 25.9 Å². The molecule has 3 nitrogen and oxygen atoms in total. The zero-order valence-electron chi connectivity index (χ0n) is 8.20. The highest BCUT2D eigenvalue weighted by Gasteiger charge is 2.34. The van der Waals surface area contributed by atoms with Crippen molar-refractivity contribution >= 4 is 6.41 Å². The van der Waals surface area contributed by atoms with Gasteiger partial charge in [-0.25, -0.2) is 0 Å². The van der Waals surface area contributed by atoms with Crippen LogP contribution in [0.5, 0.6) is 0 Å². The Labute approximate surface area is 79.7 Å². The SMILES string of the molecule is CN1CCC(N([C]=O)C2CC2)CC1. The van der Waals surface area contributed by atoms with Crippen LogP contribution in [0.1, 0.15) is 25.7 Å². The fraction of sp³-hybridized carbons (Fsp3) is 0.900. The second-order valence-corrected chi connectivity index (χ2v) is 4.26. The smallest absolute Gasteiger partial charge is 0.312 e. The summed E-state index contributed by atoms with van der Waals surface area (Å²) in [6.07, 6.45) is 6.76. The van der Waals surface area contributed by atoms with Crippen molar-refractivity contribution in [2.45, 2.75) is 37.8 Å². The Morgan fingerprint density at radius 1 is 1.15 bits per heavy atom. The molecule has 73 valence electrons. The third-order valence-electron chi connectivity index (χ3n) is 3.13. The molecule has 13 heavy (non-hydrogen) atoms. The van der Waals surface area contributed by atoms with Gasteiger partial charge in [0.2, 0.25) is 0 Å². The van der Waals surface area contributed by atoms with Gasteiger partial charge in [0.1, 0.15) is 0 Å². The van der Waals surface area contributed by atoms with Crippen LogP contribution in [0, 0.1) is 0 Å². The lowest BCUT2D eigenvalue weighted by molar-refractivity contribution is 0.167. The van der Waals surface area contributed by atoms with Gasteiger partial charge >= 0.3 is 6.41 Å². The van der Waals surface area contributed by atoms with E-state index in [0.29, 0.717) is 12.1 Å². The number of likely N-dealkylation sites (tertiary alicyclic amines) is 1. The summed E-state index contributed by atoms with van der Waals surface area (Å²) in [6.45, 7) is 2.24. The van der Waals surface area contributed by atoms with Gasteiger partial charge in [0.05, 0.1) is 0 Å². The standard InChI is InChI=1S/C10H17N2O/c1-11-6-4-10(5-7-11)12(8-13)9-2-3-9/h9-10H,2-7H2,1H3. The molecule has 1 aliphatic heterocycles. The number of hydrogen-bond donors (Lipinski definition) is 0. The number of amides is 1. The van der Waals surface area contributed by atoms with Gasteiger partial charge in [-0.2, -0.15) is 0 Å². The van der Waals surface area contributed by atoms with Gasteiger partial charge in [0, 0.05) is 12.1 Å². The highest BCUT2D eigenvalue weighted by Crippen LogP contribution is 2.30. The molecule has 3 heteroatoms. The molecule has 1 amide bonds. The van der Waals surface area contributed by atoms with Crippen LogP contribution >= 0.6 is 0 Å². The van der Waals surface area contributed by atoms with Gasteiger partial charge in [-0.15, -0.1) is 0 Å². The maximum atomic E-state index is 10.8. The van der Waals surface area contributed by atoms with Crippen molar-refractivity contribution in [2.75, 3.05) is 20.1 Å². The minimum absolute atomic E-state index is 0.473. The predicted octanol–water partition coefficient (Wildman–Crippen LogP) is 0.612. The lowest BCUT2D eigenvalue weighted by Crippen LogP contribution is -2.44. The Morgan fingerprint density at radius 2 is 1.69 bits per heavy atom. The highest BCUT2D eigenvalue weighted by molar-refractivity contribution is 5.50. The third-order valence-corrected chi connectivity index (χ3v) is 3.13. The van der Waals surface area contributed by atoms with Crippen LogP contribution in [0.25, 0.3) is 0 Å². The summed E-state index contributed by atoms with van der Waals surface area (Å²) in [4.78, 5) is 15.0. The van der Waals surface area contributed by atoms with Gasteiger partial charge in [0.25, 0.3) is 0 Å². The molecule has 0 spiro atoms. The number of carbonyl (C=O) groups excluding carboxylic acids is 1. The molecule has 2 fully saturated rings. The molecule has 1 saturated carbocycles. The molecule has 2 aliphatic rings. The van der Waals surface area contributed by atoms with E-state index in [4.69, 9.17) is 0 Å². The maximum absolute atomic E-state index is 10.8. The predicted molar refractivity (Wildman–Crippen MR) is 51.1 cm³/mol. The Bertz CT molecular complexity index is 183. The molecule has 1 aliphatic carbocycles. The van der Waals surface area contributed by atoms with E-state index in [-0.39, 0.29) is 0 Å². The molecule has 2 rings (SSSR count). The van der Waals surface area contributed by atoms with Crippen LogP contribution in [0.15, 0.2) is 0 Å². The van der Waals surface area contributed by atoms with Gasteiger partial charge in [0.15, 0.2) is 0 Å². The number of nitrogens with zero attached hydrogens (tertiary/aromatic N) is 2. The Balaban J connectivity index is 1.87. The van der Waals surface area contributed by atoms with E-state index in [1.54, 1.807) is 0 Å². The maximum Gasteiger partial charge on any atom is 0.312 e. The Kier molecular flexibility index (Phi) is 2.54. The first-order valence-electron chi connectivity index (χ1n) is 5.16. The zero-order valence-corrected chi connectivity index (χ0v) is 8.20. The van der Waals surface area contributed by atoms with Gasteiger partial charge in [-0.3, -0.25) is 4.79 Å². The number of rotatable bonds is 3. The van der Waals surface area contributed by atoms with Crippen LogP contribution in [-0.2, 0) is 4.79 Å². The summed E-state index contributed by atoms with van der Waals surface area (Å²) in [5.74, 6) is 0. The van der Waals surface area contributed by atoms with Crippen LogP contribution < -0.4 is 0 Å².